The van der Waals surface area contributed by atoms with Crippen LogP contribution in [-0.2, 0) is 6.42 Å². The fourth-order valence-electron chi connectivity index (χ4n) is 1.77. The topological polar surface area (TPSA) is 12.0 Å². The zero-order valence-corrected chi connectivity index (χ0v) is 9.55. The van der Waals surface area contributed by atoms with Crippen molar-refractivity contribution in [1.29, 1.82) is 0 Å². The van der Waals surface area contributed by atoms with Gasteiger partial charge in [-0.25, -0.2) is 4.39 Å². The third-order valence-corrected chi connectivity index (χ3v) is 4.05. The molecule has 0 spiro atoms. The lowest BCUT2D eigenvalue weighted by Crippen LogP contribution is -2.21. The lowest BCUT2D eigenvalue weighted by molar-refractivity contribution is 0.433. The van der Waals surface area contributed by atoms with Crippen LogP contribution >= 0.6 is 27.3 Å². The van der Waals surface area contributed by atoms with Crippen molar-refractivity contribution in [3.8, 4) is 0 Å². The molecule has 0 aliphatic heterocycles. The van der Waals surface area contributed by atoms with E-state index in [4.69, 9.17) is 0 Å². The van der Waals surface area contributed by atoms with Crippen molar-refractivity contribution in [2.45, 2.75) is 18.9 Å². The van der Waals surface area contributed by atoms with Crippen molar-refractivity contribution in [2.75, 3.05) is 13.2 Å². The number of rotatable bonds is 3. The van der Waals surface area contributed by atoms with Gasteiger partial charge in [-0.2, -0.15) is 0 Å². The van der Waals surface area contributed by atoms with Gasteiger partial charge in [-0.15, -0.1) is 11.3 Å². The van der Waals surface area contributed by atoms with E-state index in [1.165, 1.54) is 14.2 Å². The molecule has 1 aliphatic rings. The first-order chi connectivity index (χ1) is 6.31. The minimum absolute atomic E-state index is 0.281. The third kappa shape index (κ3) is 1.95. The van der Waals surface area contributed by atoms with Crippen molar-refractivity contribution >= 4 is 27.3 Å². The molecule has 72 valence electrons. The van der Waals surface area contributed by atoms with E-state index in [0.29, 0.717) is 12.6 Å². The van der Waals surface area contributed by atoms with E-state index >= 15 is 0 Å². The Morgan fingerprint density at radius 1 is 1.69 bits per heavy atom. The van der Waals surface area contributed by atoms with Gasteiger partial charge in [0.2, 0.25) is 0 Å². The normalized spacial score (nSPS) is 20.6. The van der Waals surface area contributed by atoms with E-state index in [9.17, 15) is 4.39 Å². The Hall–Kier alpha value is 0.0700. The van der Waals surface area contributed by atoms with Gasteiger partial charge < -0.3 is 5.32 Å². The number of aryl methyl sites for hydroxylation is 1. The van der Waals surface area contributed by atoms with Crippen LogP contribution in [0.25, 0.3) is 0 Å². The molecule has 0 saturated heterocycles. The van der Waals surface area contributed by atoms with Crippen LogP contribution in [0.3, 0.4) is 0 Å². The molecule has 1 unspecified atom stereocenters. The molecular weight excluding hydrogens is 253 g/mol. The van der Waals surface area contributed by atoms with Gasteiger partial charge in [0.1, 0.15) is 6.67 Å². The Morgan fingerprint density at radius 3 is 3.31 bits per heavy atom. The lowest BCUT2D eigenvalue weighted by atomic mass is 10.2. The third-order valence-electron chi connectivity index (χ3n) is 2.33. The molecule has 0 fully saturated rings. The molecule has 1 atom stereocenters. The highest BCUT2D eigenvalue weighted by Gasteiger charge is 2.23. The zero-order chi connectivity index (χ0) is 9.26. The molecule has 0 radical (unpaired) electrons. The second-order valence-corrected chi connectivity index (χ2v) is 5.68. The molecule has 1 aliphatic carbocycles. The summed E-state index contributed by atoms with van der Waals surface area (Å²) >= 11 is 5.27. The van der Waals surface area contributed by atoms with Crippen LogP contribution in [-0.4, -0.2) is 13.2 Å². The Labute approximate surface area is 89.5 Å². The van der Waals surface area contributed by atoms with E-state index in [0.717, 1.165) is 12.8 Å². The number of halogens is 2. The van der Waals surface area contributed by atoms with Gasteiger partial charge in [-0.3, -0.25) is 0 Å². The average Bonchev–Trinajstić information content (AvgIpc) is 2.61. The first-order valence-corrected chi connectivity index (χ1v) is 5.99. The first-order valence-electron chi connectivity index (χ1n) is 4.38. The monoisotopic (exact) mass is 263 g/mol. The maximum Gasteiger partial charge on any atom is 0.102 e. The highest BCUT2D eigenvalue weighted by molar-refractivity contribution is 9.11. The summed E-state index contributed by atoms with van der Waals surface area (Å²) < 4.78 is 13.1. The average molecular weight is 264 g/mol. The van der Waals surface area contributed by atoms with E-state index in [1.54, 1.807) is 11.3 Å². The van der Waals surface area contributed by atoms with Crippen molar-refractivity contribution in [3.63, 3.8) is 0 Å². The highest BCUT2D eigenvalue weighted by Crippen LogP contribution is 2.39. The van der Waals surface area contributed by atoms with Gasteiger partial charge >= 0.3 is 0 Å². The Bertz CT molecular complexity index is 300. The molecule has 1 N–H and O–H groups in total. The molecule has 1 aromatic rings. The number of fused-ring (bicyclic) bond motifs is 1. The molecule has 13 heavy (non-hydrogen) atoms. The fourth-order valence-corrected chi connectivity index (χ4v) is 3.56. The Morgan fingerprint density at radius 2 is 2.54 bits per heavy atom. The van der Waals surface area contributed by atoms with Gasteiger partial charge in [0.15, 0.2) is 0 Å². The molecule has 4 heteroatoms. The smallest absolute Gasteiger partial charge is 0.102 e. The Balaban J connectivity index is 2.08. The van der Waals surface area contributed by atoms with Crippen LogP contribution in [0.2, 0.25) is 0 Å². The molecule has 1 heterocycles. The second-order valence-electron chi connectivity index (χ2n) is 3.16. The summed E-state index contributed by atoms with van der Waals surface area (Å²) in [6.45, 7) is 0.189. The fraction of sp³-hybridized carbons (Fsp3) is 0.556. The molecule has 1 aromatic heterocycles. The minimum atomic E-state index is -0.281. The molecular formula is C9H11BrFNS. The summed E-state index contributed by atoms with van der Waals surface area (Å²) in [5.74, 6) is 0. The van der Waals surface area contributed by atoms with Crippen LogP contribution in [0.5, 0.6) is 0 Å². The van der Waals surface area contributed by atoms with Crippen LogP contribution in [0.4, 0.5) is 4.39 Å². The Kier molecular flexibility index (Phi) is 3.01. The van der Waals surface area contributed by atoms with Gasteiger partial charge in [-0.1, -0.05) is 0 Å². The van der Waals surface area contributed by atoms with Crippen LogP contribution in [0.1, 0.15) is 22.9 Å². The summed E-state index contributed by atoms with van der Waals surface area (Å²) in [5.41, 5.74) is 1.37. The number of nitrogens with one attached hydrogen (secondary N) is 1. The number of hydrogen-bond donors (Lipinski definition) is 1. The maximum absolute atomic E-state index is 12.0. The summed E-state index contributed by atoms with van der Waals surface area (Å²) in [4.78, 5) is 1.45. The predicted octanol–water partition coefficient (Wildman–Crippen LogP) is 3.06. The van der Waals surface area contributed by atoms with E-state index < -0.39 is 0 Å². The summed E-state index contributed by atoms with van der Waals surface area (Å²) in [6.07, 6.45) is 2.25. The van der Waals surface area contributed by atoms with E-state index in [2.05, 4.69) is 27.3 Å². The van der Waals surface area contributed by atoms with Crippen molar-refractivity contribution in [3.05, 3.63) is 20.3 Å². The largest absolute Gasteiger partial charge is 0.307 e. The molecule has 0 amide bonds. The van der Waals surface area contributed by atoms with Gasteiger partial charge in [0.25, 0.3) is 0 Å². The summed E-state index contributed by atoms with van der Waals surface area (Å²) in [6, 6.07) is 2.54. The minimum Gasteiger partial charge on any atom is -0.307 e. The first kappa shape index (κ1) is 9.62. The van der Waals surface area contributed by atoms with Crippen LogP contribution in [0, 0.1) is 0 Å². The summed E-state index contributed by atoms with van der Waals surface area (Å²) in [7, 11) is 0. The van der Waals surface area contributed by atoms with E-state index in [1.807, 2.05) is 0 Å². The molecule has 0 bridgehead atoms. The van der Waals surface area contributed by atoms with Crippen molar-refractivity contribution in [2.24, 2.45) is 0 Å². The maximum atomic E-state index is 12.0. The standard InChI is InChI=1S/C9H11BrFNS/c10-9-5-6-7(12-4-3-11)1-2-8(6)13-9/h5,7,12H,1-4H2. The molecule has 0 saturated carbocycles. The second kappa shape index (κ2) is 4.07. The van der Waals surface area contributed by atoms with E-state index in [-0.39, 0.29) is 6.67 Å². The number of alkyl halides is 1. The highest BCUT2D eigenvalue weighted by atomic mass is 79.9. The quantitative estimate of drug-likeness (QED) is 0.884. The van der Waals surface area contributed by atoms with Gasteiger partial charge in [-0.05, 0) is 40.4 Å². The summed E-state index contributed by atoms with van der Waals surface area (Å²) in [5, 5.41) is 3.21. The van der Waals surface area contributed by atoms with Crippen molar-refractivity contribution < 1.29 is 4.39 Å². The van der Waals surface area contributed by atoms with Crippen LogP contribution in [0.15, 0.2) is 9.85 Å². The van der Waals surface area contributed by atoms with Gasteiger partial charge in [0.05, 0.1) is 3.79 Å². The molecule has 0 aromatic carbocycles. The van der Waals surface area contributed by atoms with Gasteiger partial charge in [0, 0.05) is 17.5 Å². The zero-order valence-electron chi connectivity index (χ0n) is 7.15. The number of hydrogen-bond acceptors (Lipinski definition) is 2. The predicted molar refractivity (Wildman–Crippen MR) is 57.1 cm³/mol. The molecule has 2 rings (SSSR count). The van der Waals surface area contributed by atoms with Crippen LogP contribution < -0.4 is 5.32 Å². The lowest BCUT2D eigenvalue weighted by Gasteiger charge is -2.10. The number of thiophene rings is 1. The SMILES string of the molecule is FCCNC1CCc2sc(Br)cc21. The molecule has 1 nitrogen and oxygen atoms in total. The van der Waals surface area contributed by atoms with Crippen molar-refractivity contribution in [1.82, 2.24) is 5.32 Å².